The third kappa shape index (κ3) is 5.51. The first-order chi connectivity index (χ1) is 15.9. The minimum Gasteiger partial charge on any atom is -0.493 e. The van der Waals surface area contributed by atoms with Crippen LogP contribution in [0.4, 0.5) is 8.78 Å². The van der Waals surface area contributed by atoms with E-state index in [0.29, 0.717) is 35.8 Å². The molecule has 0 fully saturated rings. The summed E-state index contributed by atoms with van der Waals surface area (Å²) in [7, 11) is 2.60. The van der Waals surface area contributed by atoms with Crippen LogP contribution in [0.2, 0.25) is 0 Å². The number of carbonyl (C=O) groups is 1. The third-order valence-electron chi connectivity index (χ3n) is 4.40. The number of halogens is 2. The predicted octanol–water partition coefficient (Wildman–Crippen LogP) is 4.45. The number of nitrogens with zero attached hydrogens (tertiary/aromatic N) is 1. The number of alkyl halides is 2. The predicted molar refractivity (Wildman–Crippen MR) is 116 cm³/mol. The lowest BCUT2D eigenvalue weighted by atomic mass is 10.1. The van der Waals surface area contributed by atoms with E-state index >= 15 is 0 Å². The number of hydrogen-bond donors (Lipinski definition) is 0. The second kappa shape index (κ2) is 10.7. The molecule has 0 aliphatic carbocycles. The van der Waals surface area contributed by atoms with Crippen molar-refractivity contribution in [3.8, 4) is 28.7 Å². The van der Waals surface area contributed by atoms with Gasteiger partial charge in [-0.3, -0.25) is 0 Å². The second-order valence-corrected chi connectivity index (χ2v) is 6.50. The molecule has 0 saturated heterocycles. The maximum atomic E-state index is 12.7. The number of carbonyl (C=O) groups excluding carboxylic acids is 1. The molecule has 1 aliphatic heterocycles. The topological polar surface area (TPSA) is 84.8 Å². The fourth-order valence-corrected chi connectivity index (χ4v) is 3.06. The molecule has 1 aliphatic rings. The molecule has 0 saturated carbocycles. The Hall–Kier alpha value is -3.82. The van der Waals surface area contributed by atoms with Gasteiger partial charge in [-0.2, -0.15) is 8.78 Å². The molecule has 0 radical (unpaired) electrons. The Bertz CT molecular complexity index is 1060. The van der Waals surface area contributed by atoms with Crippen LogP contribution in [-0.2, 0) is 9.53 Å². The molecule has 2 aromatic carbocycles. The summed E-state index contributed by atoms with van der Waals surface area (Å²) >= 11 is 0. The number of hydrogen-bond acceptors (Lipinski definition) is 8. The Labute approximate surface area is 189 Å². The lowest BCUT2D eigenvalue weighted by Crippen LogP contribution is -2.07. The number of cyclic esters (lactones) is 1. The van der Waals surface area contributed by atoms with Crippen molar-refractivity contribution in [1.82, 2.24) is 0 Å². The minimum atomic E-state index is -3.07. The van der Waals surface area contributed by atoms with E-state index in [1.165, 1.54) is 32.4 Å². The van der Waals surface area contributed by atoms with E-state index < -0.39 is 12.6 Å². The number of rotatable bonds is 10. The molecule has 0 spiro atoms. The normalized spacial score (nSPS) is 14.2. The monoisotopic (exact) mass is 463 g/mol. The van der Waals surface area contributed by atoms with Crippen LogP contribution in [0.5, 0.6) is 28.7 Å². The van der Waals surface area contributed by atoms with E-state index in [1.54, 1.807) is 18.2 Å². The summed E-state index contributed by atoms with van der Waals surface area (Å²) in [4.78, 5) is 16.7. The molecule has 0 atom stereocenters. The Morgan fingerprint density at radius 1 is 0.970 bits per heavy atom. The first-order valence-electron chi connectivity index (χ1n) is 10.0. The highest BCUT2D eigenvalue weighted by Crippen LogP contribution is 2.40. The molecule has 10 heteroatoms. The van der Waals surface area contributed by atoms with E-state index in [0.717, 1.165) is 0 Å². The molecule has 0 unspecified atom stereocenters. The lowest BCUT2D eigenvalue weighted by molar-refractivity contribution is -0.129. The van der Waals surface area contributed by atoms with Crippen molar-refractivity contribution in [1.29, 1.82) is 0 Å². The van der Waals surface area contributed by atoms with Crippen molar-refractivity contribution >= 4 is 17.9 Å². The maximum Gasteiger partial charge on any atom is 0.387 e. The highest BCUT2D eigenvalue weighted by atomic mass is 19.3. The number of methoxy groups -OCH3 is 2. The lowest BCUT2D eigenvalue weighted by Gasteiger charge is -2.14. The standard InChI is InChI=1S/C23H23F2NO7/c1-5-30-16-8-7-14(12-17(16)31-6-2)21-26-15(22(27)33-21)9-13-10-18(28-3)20(32-23(24)25)19(11-13)29-4/h7-12,23H,5-6H2,1-4H3/b15-9+. The minimum absolute atomic E-state index is 0.00322. The molecule has 0 amide bonds. The van der Waals surface area contributed by atoms with Crippen molar-refractivity contribution in [3.63, 3.8) is 0 Å². The first kappa shape index (κ1) is 23.8. The van der Waals surface area contributed by atoms with Crippen LogP contribution in [0.15, 0.2) is 41.0 Å². The van der Waals surface area contributed by atoms with Crippen LogP contribution in [0.25, 0.3) is 6.08 Å². The van der Waals surface area contributed by atoms with Gasteiger partial charge in [-0.1, -0.05) is 0 Å². The van der Waals surface area contributed by atoms with Crippen LogP contribution >= 0.6 is 0 Å². The van der Waals surface area contributed by atoms with Crippen LogP contribution in [0.1, 0.15) is 25.0 Å². The zero-order valence-corrected chi connectivity index (χ0v) is 18.5. The van der Waals surface area contributed by atoms with Gasteiger partial charge in [-0.05, 0) is 55.8 Å². The zero-order chi connectivity index (χ0) is 24.0. The molecule has 0 N–H and O–H groups in total. The van der Waals surface area contributed by atoms with Gasteiger partial charge in [0.15, 0.2) is 28.7 Å². The van der Waals surface area contributed by atoms with Crippen LogP contribution < -0.4 is 23.7 Å². The zero-order valence-electron chi connectivity index (χ0n) is 18.5. The van der Waals surface area contributed by atoms with Gasteiger partial charge in [-0.15, -0.1) is 0 Å². The Morgan fingerprint density at radius 3 is 2.18 bits per heavy atom. The van der Waals surface area contributed by atoms with E-state index in [1.807, 2.05) is 13.8 Å². The average Bonchev–Trinajstić information content (AvgIpc) is 3.15. The van der Waals surface area contributed by atoms with Gasteiger partial charge in [0, 0.05) is 5.56 Å². The van der Waals surface area contributed by atoms with Gasteiger partial charge in [0.25, 0.3) is 0 Å². The van der Waals surface area contributed by atoms with Crippen molar-refractivity contribution < 1.29 is 42.0 Å². The number of esters is 1. The van der Waals surface area contributed by atoms with Gasteiger partial charge in [0.1, 0.15) is 0 Å². The number of aliphatic imine (C=N–C) groups is 1. The van der Waals surface area contributed by atoms with Gasteiger partial charge in [0.2, 0.25) is 11.6 Å². The highest BCUT2D eigenvalue weighted by molar-refractivity contribution is 6.13. The summed E-state index contributed by atoms with van der Waals surface area (Å²) in [6, 6.07) is 7.91. The smallest absolute Gasteiger partial charge is 0.387 e. The van der Waals surface area contributed by atoms with E-state index in [4.69, 9.17) is 23.7 Å². The number of benzene rings is 2. The molecule has 0 bridgehead atoms. The van der Waals surface area contributed by atoms with Gasteiger partial charge in [-0.25, -0.2) is 9.79 Å². The average molecular weight is 463 g/mol. The SMILES string of the molecule is CCOc1ccc(C2=N/C(=C/c3cc(OC)c(OC(F)F)c(OC)c3)C(=O)O2)cc1OCC. The van der Waals surface area contributed by atoms with Crippen molar-refractivity contribution in [2.75, 3.05) is 27.4 Å². The van der Waals surface area contributed by atoms with Gasteiger partial charge < -0.3 is 28.4 Å². The largest absolute Gasteiger partial charge is 0.493 e. The summed E-state index contributed by atoms with van der Waals surface area (Å²) < 4.78 is 56.7. The molecular formula is C23H23F2NO7. The molecule has 0 aromatic heterocycles. The summed E-state index contributed by atoms with van der Waals surface area (Å²) in [5, 5.41) is 0. The van der Waals surface area contributed by atoms with Gasteiger partial charge in [0.05, 0.1) is 27.4 Å². The summed E-state index contributed by atoms with van der Waals surface area (Å²) in [6.07, 6.45) is 1.42. The van der Waals surface area contributed by atoms with E-state index in [9.17, 15) is 13.6 Å². The Kier molecular flexibility index (Phi) is 7.70. The van der Waals surface area contributed by atoms with E-state index in [2.05, 4.69) is 9.73 Å². The molecule has 1 heterocycles. The van der Waals surface area contributed by atoms with E-state index in [-0.39, 0.29) is 28.8 Å². The fourth-order valence-electron chi connectivity index (χ4n) is 3.06. The van der Waals surface area contributed by atoms with Crippen molar-refractivity contribution in [2.24, 2.45) is 4.99 Å². The summed E-state index contributed by atoms with van der Waals surface area (Å²) in [5.41, 5.74) is 0.932. The maximum absolute atomic E-state index is 12.7. The van der Waals surface area contributed by atoms with Crippen molar-refractivity contribution in [2.45, 2.75) is 20.5 Å². The quantitative estimate of drug-likeness (QED) is 0.380. The molecule has 8 nitrogen and oxygen atoms in total. The highest BCUT2D eigenvalue weighted by Gasteiger charge is 2.26. The fraction of sp³-hybridized carbons (Fsp3) is 0.304. The van der Waals surface area contributed by atoms with Gasteiger partial charge >= 0.3 is 12.6 Å². The Morgan fingerprint density at radius 2 is 1.61 bits per heavy atom. The number of ether oxygens (including phenoxy) is 6. The van der Waals surface area contributed by atoms with Crippen LogP contribution in [0, 0.1) is 0 Å². The summed E-state index contributed by atoms with van der Waals surface area (Å²) in [6.45, 7) is 1.53. The molecule has 3 rings (SSSR count). The molecule has 2 aromatic rings. The van der Waals surface area contributed by atoms with Crippen LogP contribution in [0.3, 0.4) is 0 Å². The molecule has 176 valence electrons. The molecule has 33 heavy (non-hydrogen) atoms. The second-order valence-electron chi connectivity index (χ2n) is 6.50. The Balaban J connectivity index is 1.97. The first-order valence-corrected chi connectivity index (χ1v) is 10.0. The summed E-state index contributed by atoms with van der Waals surface area (Å²) in [5.74, 6) is 0.226. The molecular weight excluding hydrogens is 440 g/mol. The van der Waals surface area contributed by atoms with Crippen molar-refractivity contribution in [3.05, 3.63) is 47.2 Å². The third-order valence-corrected chi connectivity index (χ3v) is 4.40. The van der Waals surface area contributed by atoms with Crippen LogP contribution in [-0.4, -0.2) is 45.9 Å².